The molecular weight excluding hydrogens is 438 g/mol. The average molecular weight is 465 g/mol. The molecule has 2 aromatic rings. The van der Waals surface area contributed by atoms with Crippen molar-refractivity contribution in [2.75, 3.05) is 0 Å². The Morgan fingerprint density at radius 1 is 1.03 bits per heavy atom. The van der Waals surface area contributed by atoms with Crippen molar-refractivity contribution in [3.05, 3.63) is 69.5 Å². The monoisotopic (exact) mass is 464 g/mol. The van der Waals surface area contributed by atoms with Gasteiger partial charge in [0.05, 0.1) is 16.5 Å². The van der Waals surface area contributed by atoms with Gasteiger partial charge in [-0.15, -0.1) is 0 Å². The summed E-state index contributed by atoms with van der Waals surface area (Å²) >= 11 is 12.1. The zero-order valence-electron chi connectivity index (χ0n) is 17.5. The molecule has 1 saturated carbocycles. The summed E-state index contributed by atoms with van der Waals surface area (Å²) in [5, 5.41) is 3.89. The van der Waals surface area contributed by atoms with Gasteiger partial charge in [-0.25, -0.2) is 4.39 Å². The van der Waals surface area contributed by atoms with E-state index >= 15 is 0 Å². The second-order valence-electron chi connectivity index (χ2n) is 8.09. The zero-order valence-corrected chi connectivity index (χ0v) is 19.1. The Kier molecular flexibility index (Phi) is 8.33. The minimum absolute atomic E-state index is 0.0825. The third-order valence-electron chi connectivity index (χ3n) is 5.72. The van der Waals surface area contributed by atoms with Crippen molar-refractivity contribution in [2.45, 2.75) is 64.1 Å². The van der Waals surface area contributed by atoms with Gasteiger partial charge in [-0.05, 0) is 55.2 Å². The van der Waals surface area contributed by atoms with E-state index in [2.05, 4.69) is 5.32 Å². The molecule has 0 spiro atoms. The Balaban J connectivity index is 1.76. The van der Waals surface area contributed by atoms with Crippen LogP contribution in [0.25, 0.3) is 0 Å². The Morgan fingerprint density at radius 3 is 2.32 bits per heavy atom. The van der Waals surface area contributed by atoms with Crippen LogP contribution in [-0.2, 0) is 22.6 Å². The normalized spacial score (nSPS) is 15.4. The van der Waals surface area contributed by atoms with E-state index in [0.717, 1.165) is 31.2 Å². The van der Waals surface area contributed by atoms with Gasteiger partial charge >= 0.3 is 0 Å². The first-order valence-corrected chi connectivity index (χ1v) is 11.4. The number of halogens is 3. The van der Waals surface area contributed by atoms with Crippen LogP contribution in [0.2, 0.25) is 10.0 Å². The third-order valence-corrected chi connectivity index (χ3v) is 6.46. The van der Waals surface area contributed by atoms with Crippen molar-refractivity contribution in [1.82, 2.24) is 10.2 Å². The smallest absolute Gasteiger partial charge is 0.242 e. The lowest BCUT2D eigenvalue weighted by molar-refractivity contribution is -0.140. The maximum absolute atomic E-state index is 13.3. The Labute approximate surface area is 192 Å². The van der Waals surface area contributed by atoms with E-state index < -0.39 is 6.04 Å². The Morgan fingerprint density at radius 2 is 1.68 bits per heavy atom. The fraction of sp³-hybridized carbons (Fsp3) is 0.417. The molecule has 1 aliphatic rings. The Hall–Kier alpha value is -2.11. The fourth-order valence-corrected chi connectivity index (χ4v) is 4.18. The van der Waals surface area contributed by atoms with Gasteiger partial charge in [0.2, 0.25) is 11.8 Å². The van der Waals surface area contributed by atoms with Gasteiger partial charge in [0.1, 0.15) is 11.9 Å². The molecule has 0 heterocycles. The molecule has 1 aliphatic carbocycles. The number of amides is 2. The van der Waals surface area contributed by atoms with E-state index in [1.165, 1.54) is 23.5 Å². The first-order chi connectivity index (χ1) is 14.8. The van der Waals surface area contributed by atoms with E-state index in [4.69, 9.17) is 23.2 Å². The molecule has 0 aromatic heterocycles. The summed E-state index contributed by atoms with van der Waals surface area (Å²) in [4.78, 5) is 27.7. The maximum atomic E-state index is 13.3. The summed E-state index contributed by atoms with van der Waals surface area (Å²) in [7, 11) is 0. The van der Waals surface area contributed by atoms with E-state index in [-0.39, 0.29) is 36.6 Å². The van der Waals surface area contributed by atoms with Crippen LogP contribution in [0, 0.1) is 5.82 Å². The summed E-state index contributed by atoms with van der Waals surface area (Å²) in [5.41, 5.74) is 1.46. The molecule has 7 heteroatoms. The maximum Gasteiger partial charge on any atom is 0.242 e. The summed E-state index contributed by atoms with van der Waals surface area (Å²) in [6.45, 7) is 1.94. The molecule has 2 amide bonds. The van der Waals surface area contributed by atoms with Crippen LogP contribution in [0.3, 0.4) is 0 Å². The largest absolute Gasteiger partial charge is 0.352 e. The van der Waals surface area contributed by atoms with Crippen molar-refractivity contribution in [2.24, 2.45) is 0 Å². The van der Waals surface area contributed by atoms with Gasteiger partial charge in [-0.1, -0.05) is 60.7 Å². The van der Waals surface area contributed by atoms with Crippen LogP contribution in [0.5, 0.6) is 0 Å². The fourth-order valence-electron chi connectivity index (χ4n) is 3.86. The first kappa shape index (κ1) is 23.6. The lowest BCUT2D eigenvalue weighted by atomic mass is 9.95. The van der Waals surface area contributed by atoms with Crippen molar-refractivity contribution in [3.8, 4) is 0 Å². The summed E-state index contributed by atoms with van der Waals surface area (Å²) in [6, 6.07) is 10.5. The van der Waals surface area contributed by atoms with Crippen molar-refractivity contribution < 1.29 is 14.0 Å². The quantitative estimate of drug-likeness (QED) is 0.584. The second kappa shape index (κ2) is 11.0. The summed E-state index contributed by atoms with van der Waals surface area (Å²) in [5.74, 6) is -0.731. The van der Waals surface area contributed by atoms with Gasteiger partial charge in [-0.3, -0.25) is 9.59 Å². The lowest BCUT2D eigenvalue weighted by Crippen LogP contribution is -2.50. The van der Waals surface area contributed by atoms with Gasteiger partial charge in [0.25, 0.3) is 0 Å². The molecule has 0 saturated heterocycles. The third kappa shape index (κ3) is 6.68. The lowest BCUT2D eigenvalue weighted by Gasteiger charge is -2.31. The first-order valence-electron chi connectivity index (χ1n) is 10.6. The van der Waals surface area contributed by atoms with Gasteiger partial charge < -0.3 is 10.2 Å². The number of carbonyl (C=O) groups is 2. The summed E-state index contributed by atoms with van der Waals surface area (Å²) < 4.78 is 13.3. The highest BCUT2D eigenvalue weighted by Gasteiger charge is 2.28. The zero-order chi connectivity index (χ0) is 22.4. The van der Waals surface area contributed by atoms with Crippen LogP contribution in [-0.4, -0.2) is 28.8 Å². The Bertz CT molecular complexity index is 914. The predicted octanol–water partition coefficient (Wildman–Crippen LogP) is 5.54. The number of rotatable bonds is 7. The SMILES string of the molecule is C[C@@H](C(=O)NC1CCCCC1)N(Cc1ccc(F)cc1)C(=O)Cc1ccc(Cl)c(Cl)c1. The minimum Gasteiger partial charge on any atom is -0.352 e. The number of hydrogen-bond acceptors (Lipinski definition) is 2. The van der Waals surface area contributed by atoms with E-state index in [0.29, 0.717) is 15.6 Å². The van der Waals surface area contributed by atoms with Crippen molar-refractivity contribution in [1.29, 1.82) is 0 Å². The minimum atomic E-state index is -0.665. The van der Waals surface area contributed by atoms with Gasteiger partial charge in [0, 0.05) is 12.6 Å². The average Bonchev–Trinajstić information content (AvgIpc) is 2.76. The van der Waals surface area contributed by atoms with Crippen LogP contribution in [0.1, 0.15) is 50.2 Å². The molecule has 0 radical (unpaired) electrons. The van der Waals surface area contributed by atoms with E-state index in [9.17, 15) is 14.0 Å². The molecule has 166 valence electrons. The molecule has 0 aliphatic heterocycles. The van der Waals surface area contributed by atoms with E-state index in [1.807, 2.05) is 0 Å². The number of carbonyl (C=O) groups excluding carboxylic acids is 2. The highest BCUT2D eigenvalue weighted by Crippen LogP contribution is 2.24. The molecule has 0 unspecified atom stereocenters. The van der Waals surface area contributed by atoms with Crippen LogP contribution in [0.15, 0.2) is 42.5 Å². The highest BCUT2D eigenvalue weighted by atomic mass is 35.5. The number of benzene rings is 2. The molecule has 3 rings (SSSR count). The topological polar surface area (TPSA) is 49.4 Å². The molecule has 1 atom stereocenters. The molecular formula is C24H27Cl2FN2O2. The molecule has 1 N–H and O–H groups in total. The molecule has 4 nitrogen and oxygen atoms in total. The summed E-state index contributed by atoms with van der Waals surface area (Å²) in [6.07, 6.45) is 5.42. The predicted molar refractivity (Wildman–Crippen MR) is 122 cm³/mol. The number of nitrogens with one attached hydrogen (secondary N) is 1. The number of nitrogens with zero attached hydrogens (tertiary/aromatic N) is 1. The number of hydrogen-bond donors (Lipinski definition) is 1. The molecule has 31 heavy (non-hydrogen) atoms. The van der Waals surface area contributed by atoms with Gasteiger partial charge in [-0.2, -0.15) is 0 Å². The van der Waals surface area contributed by atoms with Crippen molar-refractivity contribution in [3.63, 3.8) is 0 Å². The molecule has 2 aromatic carbocycles. The standard InChI is InChI=1S/C24H27Cl2FN2O2/c1-16(24(31)28-20-5-3-2-4-6-20)29(15-17-7-10-19(27)11-8-17)23(30)14-18-9-12-21(25)22(26)13-18/h7-13,16,20H,2-6,14-15H2,1H3,(H,28,31)/t16-/m0/s1. The highest BCUT2D eigenvalue weighted by molar-refractivity contribution is 6.42. The van der Waals surface area contributed by atoms with Crippen molar-refractivity contribution >= 4 is 35.0 Å². The van der Waals surface area contributed by atoms with Crippen LogP contribution < -0.4 is 5.32 Å². The molecule has 1 fully saturated rings. The van der Waals surface area contributed by atoms with Gasteiger partial charge in [0.15, 0.2) is 0 Å². The molecule has 0 bridgehead atoms. The van der Waals surface area contributed by atoms with Crippen LogP contribution >= 0.6 is 23.2 Å². The van der Waals surface area contributed by atoms with E-state index in [1.54, 1.807) is 37.3 Å². The second-order valence-corrected chi connectivity index (χ2v) is 8.91. The van der Waals surface area contributed by atoms with Crippen LogP contribution in [0.4, 0.5) is 4.39 Å².